The van der Waals surface area contributed by atoms with Crippen molar-refractivity contribution in [3.63, 3.8) is 0 Å². The molecule has 48 heavy (non-hydrogen) atoms. The van der Waals surface area contributed by atoms with Gasteiger partial charge in [0.2, 0.25) is 0 Å². The average molecular weight is 724 g/mol. The van der Waals surface area contributed by atoms with Crippen LogP contribution in [-0.2, 0) is 9.47 Å². The molecule has 2 aromatic heterocycles. The normalized spacial score (nSPS) is 18.1. The first-order valence-electron chi connectivity index (χ1n) is 17.1. The number of halogens is 1. The van der Waals surface area contributed by atoms with E-state index in [0.717, 1.165) is 70.1 Å². The van der Waals surface area contributed by atoms with E-state index < -0.39 is 11.2 Å². The number of benzene rings is 2. The Morgan fingerprint density at radius 3 is 1.54 bits per heavy atom. The van der Waals surface area contributed by atoms with Crippen LogP contribution in [0.4, 0.5) is 9.59 Å². The zero-order chi connectivity index (χ0) is 34.2. The molecule has 258 valence electrons. The molecule has 0 unspecified atom stereocenters. The lowest BCUT2D eigenvalue weighted by atomic mass is 9.97. The van der Waals surface area contributed by atoms with Crippen LogP contribution in [0.3, 0.4) is 0 Å². The Hall–Kier alpha value is -3.60. The first kappa shape index (κ1) is 34.3. The number of ether oxygens (including phenoxy) is 2. The van der Waals surface area contributed by atoms with Crippen LogP contribution >= 0.6 is 15.9 Å². The highest BCUT2D eigenvalue weighted by Gasteiger charge is 2.31. The van der Waals surface area contributed by atoms with Gasteiger partial charge >= 0.3 is 12.2 Å². The van der Waals surface area contributed by atoms with Gasteiger partial charge in [0.05, 0.1) is 0 Å². The quantitative estimate of drug-likeness (QED) is 0.206. The summed E-state index contributed by atoms with van der Waals surface area (Å²) in [6, 6.07) is 12.2. The summed E-state index contributed by atoms with van der Waals surface area (Å²) in [6.45, 7) is 14.0. The standard InChI is InChI=1S/C20H26N2O3.C17H21BrN2O3/c1-20(2,3)25-19(23)22-10-8-14(9-11-22)18-21-16-7-6-15(13-4-5-13)12-17(16)24-18;1-17(2,3)23-16(21)20-8-6-11(7-9-20)15-19-13-5-4-12(18)10-14(13)22-15/h6-7,12-14H,4-5,8-11H2,1-3H3;4-5,10-11H,6-9H2,1-3H3. The Morgan fingerprint density at radius 1 is 0.667 bits per heavy atom. The van der Waals surface area contributed by atoms with E-state index >= 15 is 0 Å². The van der Waals surface area contributed by atoms with Gasteiger partial charge in [-0.15, -0.1) is 0 Å². The molecule has 11 heteroatoms. The van der Waals surface area contributed by atoms with Gasteiger partial charge in [-0.05, 0) is 122 Å². The lowest BCUT2D eigenvalue weighted by Crippen LogP contribution is -2.41. The summed E-state index contributed by atoms with van der Waals surface area (Å²) < 4.78 is 23.8. The SMILES string of the molecule is CC(C)(C)OC(=O)N1CCC(c2nc3ccc(Br)cc3o2)CC1.CC(C)(C)OC(=O)N1CCC(c2nc3ccc(C4CC4)cc3o2)CC1. The summed E-state index contributed by atoms with van der Waals surface area (Å²) >= 11 is 3.44. The molecule has 0 radical (unpaired) electrons. The zero-order valence-electron chi connectivity index (χ0n) is 28.9. The van der Waals surface area contributed by atoms with E-state index in [1.807, 2.05) is 59.7 Å². The fourth-order valence-electron chi connectivity index (χ4n) is 6.17. The molecule has 4 aromatic rings. The minimum atomic E-state index is -0.457. The first-order chi connectivity index (χ1) is 22.7. The summed E-state index contributed by atoms with van der Waals surface area (Å²) in [5.41, 5.74) is 3.97. The van der Waals surface area contributed by atoms with Crippen LogP contribution in [0.15, 0.2) is 49.7 Å². The number of likely N-dealkylation sites (tertiary alicyclic amines) is 2. The molecule has 0 spiro atoms. The first-order valence-corrected chi connectivity index (χ1v) is 17.9. The van der Waals surface area contributed by atoms with Gasteiger partial charge in [0.1, 0.15) is 22.2 Å². The monoisotopic (exact) mass is 722 g/mol. The number of hydrogen-bond donors (Lipinski definition) is 0. The van der Waals surface area contributed by atoms with Crippen molar-refractivity contribution < 1.29 is 27.9 Å². The van der Waals surface area contributed by atoms with Crippen LogP contribution in [-0.4, -0.2) is 69.3 Å². The number of aromatic nitrogens is 2. The molecule has 3 aliphatic rings. The Kier molecular flexibility index (Phi) is 9.80. The highest BCUT2D eigenvalue weighted by molar-refractivity contribution is 9.10. The smallest absolute Gasteiger partial charge is 0.410 e. The fourth-order valence-corrected chi connectivity index (χ4v) is 6.51. The van der Waals surface area contributed by atoms with Crippen molar-refractivity contribution in [3.8, 4) is 0 Å². The van der Waals surface area contributed by atoms with Gasteiger partial charge in [0.25, 0.3) is 0 Å². The molecular weight excluding hydrogens is 676 g/mol. The number of amides is 2. The second-order valence-corrected chi connectivity index (χ2v) is 16.1. The summed E-state index contributed by atoms with van der Waals surface area (Å²) in [6.07, 6.45) is 5.52. The third kappa shape index (κ3) is 8.70. The molecule has 1 saturated carbocycles. The van der Waals surface area contributed by atoms with E-state index in [2.05, 4.69) is 44.1 Å². The van der Waals surface area contributed by atoms with Gasteiger partial charge in [0.15, 0.2) is 22.9 Å². The molecule has 7 rings (SSSR count). The van der Waals surface area contributed by atoms with Gasteiger partial charge < -0.3 is 28.1 Å². The van der Waals surface area contributed by atoms with Crippen LogP contribution in [0.5, 0.6) is 0 Å². The number of nitrogens with zero attached hydrogens (tertiary/aromatic N) is 4. The summed E-state index contributed by atoms with van der Waals surface area (Å²) in [4.78, 5) is 37.1. The van der Waals surface area contributed by atoms with Crippen molar-refractivity contribution in [2.24, 2.45) is 0 Å². The highest BCUT2D eigenvalue weighted by Crippen LogP contribution is 2.41. The van der Waals surface area contributed by atoms with Crippen molar-refractivity contribution in [2.45, 2.75) is 109 Å². The fraction of sp³-hybridized carbons (Fsp3) is 0.568. The molecule has 0 atom stereocenters. The molecule has 1 aliphatic carbocycles. The summed E-state index contributed by atoms with van der Waals surface area (Å²) in [5.74, 6) is 2.82. The number of fused-ring (bicyclic) bond motifs is 2. The number of rotatable bonds is 3. The topological polar surface area (TPSA) is 111 Å². The van der Waals surface area contributed by atoms with Gasteiger partial charge in [-0.3, -0.25) is 0 Å². The second kappa shape index (κ2) is 13.7. The van der Waals surface area contributed by atoms with Crippen LogP contribution < -0.4 is 0 Å². The molecule has 2 aromatic carbocycles. The van der Waals surface area contributed by atoms with Crippen molar-refractivity contribution in [3.05, 3.63) is 58.2 Å². The van der Waals surface area contributed by atoms with Gasteiger partial charge in [-0.2, -0.15) is 0 Å². The second-order valence-electron chi connectivity index (χ2n) is 15.2. The van der Waals surface area contributed by atoms with Gasteiger partial charge in [-0.1, -0.05) is 22.0 Å². The van der Waals surface area contributed by atoms with E-state index in [0.29, 0.717) is 26.2 Å². The number of oxazole rings is 2. The van der Waals surface area contributed by atoms with Gasteiger partial charge in [-0.25, -0.2) is 19.6 Å². The van der Waals surface area contributed by atoms with Crippen molar-refractivity contribution in [1.82, 2.24) is 19.8 Å². The van der Waals surface area contributed by atoms with Crippen molar-refractivity contribution in [1.29, 1.82) is 0 Å². The maximum atomic E-state index is 12.2. The highest BCUT2D eigenvalue weighted by atomic mass is 79.9. The molecular formula is C37H47BrN4O6. The molecule has 2 aliphatic heterocycles. The maximum Gasteiger partial charge on any atom is 0.410 e. The third-order valence-electron chi connectivity index (χ3n) is 8.84. The molecule has 0 N–H and O–H groups in total. The number of carbonyl (C=O) groups is 2. The summed E-state index contributed by atoms with van der Waals surface area (Å²) in [5, 5.41) is 0. The lowest BCUT2D eigenvalue weighted by Gasteiger charge is -2.32. The molecule has 0 bridgehead atoms. The Balaban J connectivity index is 0.000000168. The zero-order valence-corrected chi connectivity index (χ0v) is 30.5. The Labute approximate surface area is 290 Å². The Bertz CT molecular complexity index is 1750. The maximum absolute atomic E-state index is 12.2. The Morgan fingerprint density at radius 2 is 1.10 bits per heavy atom. The molecule has 2 amide bonds. The minimum Gasteiger partial charge on any atom is -0.444 e. The van der Waals surface area contributed by atoms with Crippen LogP contribution in [0.1, 0.15) is 115 Å². The van der Waals surface area contributed by atoms with E-state index in [1.54, 1.807) is 9.80 Å². The minimum absolute atomic E-state index is 0.224. The van der Waals surface area contributed by atoms with E-state index in [9.17, 15) is 9.59 Å². The van der Waals surface area contributed by atoms with Crippen LogP contribution in [0.25, 0.3) is 22.2 Å². The lowest BCUT2D eigenvalue weighted by molar-refractivity contribution is 0.0189. The number of piperidine rings is 2. The van der Waals surface area contributed by atoms with E-state index in [4.69, 9.17) is 18.3 Å². The molecule has 2 saturated heterocycles. The van der Waals surface area contributed by atoms with Crippen LogP contribution in [0, 0.1) is 0 Å². The number of carbonyl (C=O) groups excluding carboxylic acids is 2. The largest absolute Gasteiger partial charge is 0.444 e. The van der Waals surface area contributed by atoms with Crippen molar-refractivity contribution in [2.75, 3.05) is 26.2 Å². The molecule has 4 heterocycles. The van der Waals surface area contributed by atoms with E-state index in [-0.39, 0.29) is 24.0 Å². The predicted molar refractivity (Wildman–Crippen MR) is 187 cm³/mol. The van der Waals surface area contributed by atoms with Crippen LogP contribution in [0.2, 0.25) is 0 Å². The predicted octanol–water partition coefficient (Wildman–Crippen LogP) is 9.52. The molecule has 3 fully saturated rings. The molecule has 10 nitrogen and oxygen atoms in total. The van der Waals surface area contributed by atoms with E-state index in [1.165, 1.54) is 18.4 Å². The van der Waals surface area contributed by atoms with Crippen molar-refractivity contribution >= 4 is 50.3 Å². The number of hydrogen-bond acceptors (Lipinski definition) is 8. The van der Waals surface area contributed by atoms with Gasteiger partial charge in [0, 0.05) is 42.5 Å². The summed E-state index contributed by atoms with van der Waals surface area (Å²) in [7, 11) is 0. The third-order valence-corrected chi connectivity index (χ3v) is 9.33. The average Bonchev–Trinajstić information content (AvgIpc) is 3.65.